The quantitative estimate of drug-likeness (QED) is 0.840. The molecule has 1 amide bonds. The molecule has 3 nitrogen and oxygen atoms in total. The first-order valence-corrected chi connectivity index (χ1v) is 7.18. The van der Waals surface area contributed by atoms with Gasteiger partial charge >= 0.3 is 0 Å². The topological polar surface area (TPSA) is 23.6 Å². The highest BCUT2D eigenvalue weighted by Gasteiger charge is 2.23. The highest BCUT2D eigenvalue weighted by Crippen LogP contribution is 2.20. The van der Waals surface area contributed by atoms with Crippen LogP contribution in [0.3, 0.4) is 0 Å². The predicted octanol–water partition coefficient (Wildman–Crippen LogP) is 3.28. The lowest BCUT2D eigenvalue weighted by atomic mass is 10.1. The lowest BCUT2D eigenvalue weighted by molar-refractivity contribution is 0.0974. The van der Waals surface area contributed by atoms with E-state index in [1.165, 1.54) is 0 Å². The summed E-state index contributed by atoms with van der Waals surface area (Å²) >= 11 is 0. The molecule has 0 aliphatic rings. The van der Waals surface area contributed by atoms with Gasteiger partial charge in [-0.2, -0.15) is 0 Å². The summed E-state index contributed by atoms with van der Waals surface area (Å²) in [5.74, 6) is 0.0381. The molecule has 110 valence electrons. The molecule has 0 bridgehead atoms. The van der Waals surface area contributed by atoms with E-state index in [2.05, 4.69) is 11.8 Å². The number of hydrogen-bond donors (Lipinski definition) is 0. The first-order chi connectivity index (χ1) is 10.1. The van der Waals surface area contributed by atoms with Crippen molar-refractivity contribution >= 4 is 11.6 Å². The van der Waals surface area contributed by atoms with Gasteiger partial charge in [0, 0.05) is 23.8 Å². The average molecular weight is 282 g/mol. The molecule has 0 N–H and O–H groups in total. The Morgan fingerprint density at radius 2 is 1.48 bits per heavy atom. The molecule has 0 aromatic heterocycles. The van der Waals surface area contributed by atoms with Crippen LogP contribution in [0.15, 0.2) is 60.7 Å². The van der Waals surface area contributed by atoms with Gasteiger partial charge in [0.15, 0.2) is 0 Å². The zero-order valence-electron chi connectivity index (χ0n) is 12.9. The molecule has 0 aliphatic heterocycles. The maximum atomic E-state index is 12.9. The van der Waals surface area contributed by atoms with Crippen LogP contribution in [0.25, 0.3) is 0 Å². The van der Waals surface area contributed by atoms with E-state index in [-0.39, 0.29) is 11.9 Å². The number of rotatable bonds is 5. The third-order valence-electron chi connectivity index (χ3n) is 3.34. The van der Waals surface area contributed by atoms with Crippen molar-refractivity contribution in [3.63, 3.8) is 0 Å². The first-order valence-electron chi connectivity index (χ1n) is 7.18. The second kappa shape index (κ2) is 7.04. The smallest absolute Gasteiger partial charge is 0.258 e. The van der Waals surface area contributed by atoms with Crippen LogP contribution in [-0.2, 0) is 0 Å². The normalized spacial score (nSPS) is 12.2. The molecule has 0 unspecified atom stereocenters. The fourth-order valence-corrected chi connectivity index (χ4v) is 2.49. The van der Waals surface area contributed by atoms with Gasteiger partial charge in [0.05, 0.1) is 0 Å². The van der Waals surface area contributed by atoms with Crippen molar-refractivity contribution in [2.24, 2.45) is 0 Å². The van der Waals surface area contributed by atoms with Crippen molar-refractivity contribution in [2.45, 2.75) is 13.0 Å². The SMILES string of the molecule is C[C@H](CN(C)C)N(C(=O)c1ccccc1)c1ccccc1. The number of para-hydroxylation sites is 1. The second-order valence-electron chi connectivity index (χ2n) is 5.49. The molecule has 3 heteroatoms. The molecule has 0 saturated carbocycles. The largest absolute Gasteiger partial charge is 0.307 e. The van der Waals surface area contributed by atoms with Gasteiger partial charge in [-0.3, -0.25) is 4.79 Å². The van der Waals surface area contributed by atoms with E-state index in [4.69, 9.17) is 0 Å². The van der Waals surface area contributed by atoms with E-state index >= 15 is 0 Å². The molecule has 0 heterocycles. The number of carbonyl (C=O) groups excluding carboxylic acids is 1. The van der Waals surface area contributed by atoms with Crippen molar-refractivity contribution in [1.29, 1.82) is 0 Å². The molecule has 2 rings (SSSR count). The molecule has 2 aromatic carbocycles. The van der Waals surface area contributed by atoms with E-state index in [1.807, 2.05) is 79.7 Å². The highest BCUT2D eigenvalue weighted by molar-refractivity contribution is 6.06. The minimum atomic E-state index is 0.0381. The first kappa shape index (κ1) is 15.3. The summed E-state index contributed by atoms with van der Waals surface area (Å²) in [6.45, 7) is 2.89. The van der Waals surface area contributed by atoms with Crippen LogP contribution in [0, 0.1) is 0 Å². The fourth-order valence-electron chi connectivity index (χ4n) is 2.49. The molecule has 0 spiro atoms. The molecule has 2 aromatic rings. The van der Waals surface area contributed by atoms with Gasteiger partial charge < -0.3 is 9.80 Å². The summed E-state index contributed by atoms with van der Waals surface area (Å²) < 4.78 is 0. The maximum absolute atomic E-state index is 12.9. The second-order valence-corrected chi connectivity index (χ2v) is 5.49. The van der Waals surface area contributed by atoms with Crippen LogP contribution >= 0.6 is 0 Å². The van der Waals surface area contributed by atoms with Gasteiger partial charge in [-0.25, -0.2) is 0 Å². The Morgan fingerprint density at radius 1 is 0.952 bits per heavy atom. The Balaban J connectivity index is 2.34. The van der Waals surface area contributed by atoms with E-state index in [9.17, 15) is 4.79 Å². The Labute approximate surface area is 126 Å². The van der Waals surface area contributed by atoms with Crippen LogP contribution < -0.4 is 4.90 Å². The van der Waals surface area contributed by atoms with Crippen LogP contribution in [0.5, 0.6) is 0 Å². The van der Waals surface area contributed by atoms with Crippen molar-refractivity contribution in [3.05, 3.63) is 66.2 Å². The predicted molar refractivity (Wildman–Crippen MR) is 87.7 cm³/mol. The molecule has 0 saturated heterocycles. The fraction of sp³-hybridized carbons (Fsp3) is 0.278. The summed E-state index contributed by atoms with van der Waals surface area (Å²) in [6.07, 6.45) is 0. The van der Waals surface area contributed by atoms with Gasteiger partial charge in [0.2, 0.25) is 0 Å². The number of likely N-dealkylation sites (N-methyl/N-ethyl adjacent to an activating group) is 1. The number of anilines is 1. The maximum Gasteiger partial charge on any atom is 0.258 e. The van der Waals surface area contributed by atoms with Gasteiger partial charge in [-0.05, 0) is 45.3 Å². The Bertz CT molecular complexity index is 566. The van der Waals surface area contributed by atoms with Crippen LogP contribution in [0.4, 0.5) is 5.69 Å². The summed E-state index contributed by atoms with van der Waals surface area (Å²) in [4.78, 5) is 16.8. The molecule has 0 fully saturated rings. The molecular weight excluding hydrogens is 260 g/mol. The Hall–Kier alpha value is -2.13. The van der Waals surface area contributed by atoms with Gasteiger partial charge in [-0.1, -0.05) is 36.4 Å². The zero-order chi connectivity index (χ0) is 15.2. The van der Waals surface area contributed by atoms with Crippen molar-refractivity contribution < 1.29 is 4.79 Å². The Kier molecular flexibility index (Phi) is 5.12. The highest BCUT2D eigenvalue weighted by atomic mass is 16.2. The molecule has 0 radical (unpaired) electrons. The third-order valence-corrected chi connectivity index (χ3v) is 3.34. The van der Waals surface area contributed by atoms with Crippen molar-refractivity contribution in [1.82, 2.24) is 4.90 Å². The van der Waals surface area contributed by atoms with Crippen molar-refractivity contribution in [3.8, 4) is 0 Å². The van der Waals surface area contributed by atoms with Gasteiger partial charge in [-0.15, -0.1) is 0 Å². The molecule has 1 atom stereocenters. The Morgan fingerprint density at radius 3 is 2.00 bits per heavy atom. The minimum absolute atomic E-state index is 0.0381. The summed E-state index contributed by atoms with van der Waals surface area (Å²) in [7, 11) is 4.04. The number of nitrogens with zero attached hydrogens (tertiary/aromatic N) is 2. The van der Waals surface area contributed by atoms with E-state index < -0.39 is 0 Å². The van der Waals surface area contributed by atoms with Crippen LogP contribution in [-0.4, -0.2) is 37.5 Å². The monoisotopic (exact) mass is 282 g/mol. The molecular formula is C18H22N2O. The van der Waals surface area contributed by atoms with Crippen LogP contribution in [0.1, 0.15) is 17.3 Å². The number of hydrogen-bond acceptors (Lipinski definition) is 2. The summed E-state index contributed by atoms with van der Waals surface area (Å²) in [6, 6.07) is 19.4. The lowest BCUT2D eigenvalue weighted by Gasteiger charge is -2.31. The standard InChI is InChI=1S/C18H22N2O/c1-15(14-19(2)3)20(17-12-8-5-9-13-17)18(21)16-10-6-4-7-11-16/h4-13,15H,14H2,1-3H3/t15-/m1/s1. The molecule has 21 heavy (non-hydrogen) atoms. The molecule has 0 aliphatic carbocycles. The zero-order valence-corrected chi connectivity index (χ0v) is 12.9. The number of benzene rings is 2. The van der Waals surface area contributed by atoms with Gasteiger partial charge in [0.25, 0.3) is 5.91 Å². The number of carbonyl (C=O) groups is 1. The van der Waals surface area contributed by atoms with E-state index in [0.717, 1.165) is 12.2 Å². The van der Waals surface area contributed by atoms with Gasteiger partial charge in [0.1, 0.15) is 0 Å². The third kappa shape index (κ3) is 3.92. The number of amides is 1. The summed E-state index contributed by atoms with van der Waals surface area (Å²) in [5.41, 5.74) is 1.65. The summed E-state index contributed by atoms with van der Waals surface area (Å²) in [5, 5.41) is 0. The average Bonchev–Trinajstić information content (AvgIpc) is 2.48. The van der Waals surface area contributed by atoms with Crippen LogP contribution in [0.2, 0.25) is 0 Å². The lowest BCUT2D eigenvalue weighted by Crippen LogP contribution is -2.44. The van der Waals surface area contributed by atoms with Crippen molar-refractivity contribution in [2.75, 3.05) is 25.5 Å². The van der Waals surface area contributed by atoms with E-state index in [1.54, 1.807) is 0 Å². The minimum Gasteiger partial charge on any atom is -0.307 e. The van der Waals surface area contributed by atoms with E-state index in [0.29, 0.717) is 5.56 Å².